The summed E-state index contributed by atoms with van der Waals surface area (Å²) in [6.45, 7) is 0. The lowest BCUT2D eigenvalue weighted by atomic mass is 9.90. The number of hydrogen-bond donors (Lipinski definition) is 0. The van der Waals surface area contributed by atoms with Gasteiger partial charge in [-0.2, -0.15) is 0 Å². The standard InChI is InChI=1S/C24H14BrNO2/c25-16-10-12-21(24(13-16)26(27)28)23-14-22-17-6-2-1-5-15(17)9-11-20(22)18-7-3-4-8-19(18)23/h1-14H. The molecule has 0 atom stereocenters. The van der Waals surface area contributed by atoms with Crippen LogP contribution in [0.25, 0.3) is 43.4 Å². The summed E-state index contributed by atoms with van der Waals surface area (Å²) < 4.78 is 0.693. The maximum absolute atomic E-state index is 11.7. The van der Waals surface area contributed by atoms with Crippen LogP contribution in [0, 0.1) is 10.1 Å². The molecule has 0 unspecified atom stereocenters. The highest BCUT2D eigenvalue weighted by Gasteiger charge is 2.19. The third-order valence-corrected chi connectivity index (χ3v) is 5.71. The Bertz CT molecular complexity index is 1410. The van der Waals surface area contributed by atoms with Gasteiger partial charge >= 0.3 is 0 Å². The maximum Gasteiger partial charge on any atom is 0.278 e. The van der Waals surface area contributed by atoms with Crippen LogP contribution in [0.4, 0.5) is 5.69 Å². The average Bonchev–Trinajstić information content (AvgIpc) is 2.73. The molecule has 5 rings (SSSR count). The van der Waals surface area contributed by atoms with Gasteiger partial charge in [0.25, 0.3) is 5.69 Å². The number of nitro groups is 1. The Balaban J connectivity index is 1.99. The molecule has 0 amide bonds. The van der Waals surface area contributed by atoms with Crippen molar-refractivity contribution >= 4 is 53.9 Å². The van der Waals surface area contributed by atoms with Crippen LogP contribution in [0.5, 0.6) is 0 Å². The molecule has 0 bridgehead atoms. The molecule has 0 aliphatic carbocycles. The lowest BCUT2D eigenvalue weighted by molar-refractivity contribution is -0.384. The number of nitrogens with zero attached hydrogens (tertiary/aromatic N) is 1. The van der Waals surface area contributed by atoms with Crippen molar-refractivity contribution in [2.24, 2.45) is 0 Å². The van der Waals surface area contributed by atoms with Gasteiger partial charge in [-0.25, -0.2) is 0 Å². The van der Waals surface area contributed by atoms with Crippen LogP contribution in [0.2, 0.25) is 0 Å². The maximum atomic E-state index is 11.7. The quantitative estimate of drug-likeness (QED) is 0.166. The normalized spacial score (nSPS) is 11.3. The van der Waals surface area contributed by atoms with E-state index in [9.17, 15) is 10.1 Å². The van der Waals surface area contributed by atoms with E-state index >= 15 is 0 Å². The molecular formula is C24H14BrNO2. The Morgan fingerprint density at radius 2 is 1.32 bits per heavy atom. The van der Waals surface area contributed by atoms with Crippen LogP contribution in [-0.2, 0) is 0 Å². The van der Waals surface area contributed by atoms with Gasteiger partial charge in [0.15, 0.2) is 0 Å². The van der Waals surface area contributed by atoms with Crippen molar-refractivity contribution in [2.45, 2.75) is 0 Å². The first kappa shape index (κ1) is 16.9. The predicted molar refractivity (Wildman–Crippen MR) is 119 cm³/mol. The fourth-order valence-electron chi connectivity index (χ4n) is 3.97. The number of halogens is 1. The lowest BCUT2D eigenvalue weighted by Crippen LogP contribution is -1.93. The van der Waals surface area contributed by atoms with Crippen molar-refractivity contribution in [1.29, 1.82) is 0 Å². The molecule has 0 spiro atoms. The van der Waals surface area contributed by atoms with Crippen LogP contribution in [0.15, 0.2) is 89.4 Å². The topological polar surface area (TPSA) is 43.1 Å². The summed E-state index contributed by atoms with van der Waals surface area (Å²) in [5.74, 6) is 0. The van der Waals surface area contributed by atoms with Crippen molar-refractivity contribution < 1.29 is 4.92 Å². The van der Waals surface area contributed by atoms with Gasteiger partial charge in [-0.15, -0.1) is 0 Å². The summed E-state index contributed by atoms with van der Waals surface area (Å²) in [6.07, 6.45) is 0. The first-order valence-corrected chi connectivity index (χ1v) is 9.70. The number of hydrogen-bond acceptors (Lipinski definition) is 2. The minimum absolute atomic E-state index is 0.0964. The monoisotopic (exact) mass is 427 g/mol. The van der Waals surface area contributed by atoms with Gasteiger partial charge in [0.1, 0.15) is 0 Å². The summed E-state index contributed by atoms with van der Waals surface area (Å²) in [5.41, 5.74) is 1.59. The molecule has 0 aromatic heterocycles. The first-order chi connectivity index (χ1) is 13.6. The second-order valence-electron chi connectivity index (χ2n) is 6.77. The summed E-state index contributed by atoms with van der Waals surface area (Å²) in [4.78, 5) is 11.4. The number of benzene rings is 5. The minimum atomic E-state index is -0.317. The Hall–Kier alpha value is -3.24. The summed E-state index contributed by atoms with van der Waals surface area (Å²) in [7, 11) is 0. The SMILES string of the molecule is O=[N+]([O-])c1cc(Br)ccc1-c1cc2c3ccccc3ccc2c2ccccc12. The van der Waals surface area contributed by atoms with Gasteiger partial charge in [0, 0.05) is 10.5 Å². The molecular weight excluding hydrogens is 414 g/mol. The number of nitro benzene ring substituents is 1. The van der Waals surface area contributed by atoms with E-state index in [1.165, 1.54) is 0 Å². The Morgan fingerprint density at radius 3 is 2.11 bits per heavy atom. The zero-order valence-electron chi connectivity index (χ0n) is 14.7. The highest BCUT2D eigenvalue weighted by atomic mass is 79.9. The average molecular weight is 428 g/mol. The van der Waals surface area contributed by atoms with E-state index in [1.807, 2.05) is 42.5 Å². The van der Waals surface area contributed by atoms with Gasteiger partial charge in [0.05, 0.1) is 10.5 Å². The van der Waals surface area contributed by atoms with Gasteiger partial charge in [-0.1, -0.05) is 76.6 Å². The van der Waals surface area contributed by atoms with Crippen LogP contribution in [-0.4, -0.2) is 4.92 Å². The molecule has 28 heavy (non-hydrogen) atoms. The molecule has 134 valence electrons. The van der Waals surface area contributed by atoms with Crippen molar-refractivity contribution in [1.82, 2.24) is 0 Å². The van der Waals surface area contributed by atoms with E-state index in [1.54, 1.807) is 6.07 Å². The number of fused-ring (bicyclic) bond motifs is 5. The van der Waals surface area contributed by atoms with Crippen molar-refractivity contribution in [3.05, 3.63) is 99.5 Å². The largest absolute Gasteiger partial charge is 0.278 e. The Labute approximate surface area is 169 Å². The van der Waals surface area contributed by atoms with Gasteiger partial charge in [-0.3, -0.25) is 10.1 Å². The molecule has 0 saturated carbocycles. The first-order valence-electron chi connectivity index (χ1n) is 8.91. The van der Waals surface area contributed by atoms with Crippen molar-refractivity contribution in [3.8, 4) is 11.1 Å². The molecule has 4 heteroatoms. The molecule has 0 radical (unpaired) electrons. The third kappa shape index (κ3) is 2.57. The molecule has 3 nitrogen and oxygen atoms in total. The fraction of sp³-hybridized carbons (Fsp3) is 0. The molecule has 0 aliphatic heterocycles. The van der Waals surface area contributed by atoms with E-state index in [-0.39, 0.29) is 10.6 Å². The van der Waals surface area contributed by atoms with E-state index in [2.05, 4.69) is 52.3 Å². The van der Waals surface area contributed by atoms with Crippen LogP contribution >= 0.6 is 15.9 Å². The zero-order valence-corrected chi connectivity index (χ0v) is 16.3. The van der Waals surface area contributed by atoms with Crippen molar-refractivity contribution in [2.75, 3.05) is 0 Å². The zero-order chi connectivity index (χ0) is 19.3. The van der Waals surface area contributed by atoms with Crippen LogP contribution in [0.1, 0.15) is 0 Å². The van der Waals surface area contributed by atoms with Crippen LogP contribution in [0.3, 0.4) is 0 Å². The van der Waals surface area contributed by atoms with Crippen LogP contribution < -0.4 is 0 Å². The van der Waals surface area contributed by atoms with E-state index in [4.69, 9.17) is 0 Å². The highest BCUT2D eigenvalue weighted by molar-refractivity contribution is 9.10. The Kier molecular flexibility index (Phi) is 3.88. The summed E-state index contributed by atoms with van der Waals surface area (Å²) in [6, 6.07) is 27.9. The highest BCUT2D eigenvalue weighted by Crippen LogP contribution is 2.41. The van der Waals surface area contributed by atoms with E-state index < -0.39 is 0 Å². The molecule has 5 aromatic rings. The smallest absolute Gasteiger partial charge is 0.258 e. The molecule has 0 heterocycles. The lowest BCUT2D eigenvalue weighted by Gasteiger charge is -2.13. The van der Waals surface area contributed by atoms with Gasteiger partial charge in [-0.05, 0) is 56.1 Å². The van der Waals surface area contributed by atoms with E-state index in [0.29, 0.717) is 10.0 Å². The molecule has 5 aromatic carbocycles. The van der Waals surface area contributed by atoms with E-state index in [0.717, 1.165) is 37.9 Å². The minimum Gasteiger partial charge on any atom is -0.258 e. The second-order valence-corrected chi connectivity index (χ2v) is 7.69. The number of rotatable bonds is 2. The molecule has 0 saturated heterocycles. The van der Waals surface area contributed by atoms with Gasteiger partial charge < -0.3 is 0 Å². The summed E-state index contributed by atoms with van der Waals surface area (Å²) in [5, 5.41) is 18.4. The van der Waals surface area contributed by atoms with Crippen molar-refractivity contribution in [3.63, 3.8) is 0 Å². The predicted octanol–water partition coefficient (Wildman–Crippen LogP) is 7.48. The third-order valence-electron chi connectivity index (χ3n) is 5.21. The molecule has 0 N–H and O–H groups in total. The van der Waals surface area contributed by atoms with Gasteiger partial charge in [0.2, 0.25) is 0 Å². The summed E-state index contributed by atoms with van der Waals surface area (Å²) >= 11 is 3.35. The fourth-order valence-corrected chi connectivity index (χ4v) is 4.32. The molecule has 0 fully saturated rings. The second kappa shape index (κ2) is 6.43. The molecule has 0 aliphatic rings. The Morgan fingerprint density at radius 1 is 0.643 bits per heavy atom.